The number of esters is 1. The maximum absolute atomic E-state index is 13.2. The number of nitrogens with zero attached hydrogens (tertiary/aromatic N) is 3. The fraction of sp³-hybridized carbons (Fsp3) is 0.138. The van der Waals surface area contributed by atoms with Crippen LogP contribution < -0.4 is 0 Å². The number of ether oxygens (including phenoxy) is 1. The third kappa shape index (κ3) is 4.21. The third-order valence-electron chi connectivity index (χ3n) is 5.92. The lowest BCUT2D eigenvalue weighted by molar-refractivity contribution is 0.0523. The van der Waals surface area contributed by atoms with Gasteiger partial charge in [0.25, 0.3) is 0 Å². The van der Waals surface area contributed by atoms with E-state index in [0.29, 0.717) is 17.9 Å². The van der Waals surface area contributed by atoms with Crippen molar-refractivity contribution < 1.29 is 9.53 Å². The Morgan fingerprint density at radius 1 is 0.829 bits per heavy atom. The molecule has 0 unspecified atom stereocenters. The van der Waals surface area contributed by atoms with E-state index in [1.54, 1.807) is 4.68 Å². The van der Waals surface area contributed by atoms with Crippen LogP contribution in [0.1, 0.15) is 17.3 Å². The molecule has 0 saturated carbocycles. The second kappa shape index (κ2) is 9.76. The van der Waals surface area contributed by atoms with Crippen LogP contribution in [0.3, 0.4) is 0 Å². The van der Waals surface area contributed by atoms with Crippen molar-refractivity contribution in [1.82, 2.24) is 14.8 Å². The van der Waals surface area contributed by atoms with Crippen LogP contribution in [0.4, 0.5) is 0 Å². The van der Waals surface area contributed by atoms with Crippen molar-refractivity contribution in [3.8, 4) is 33.6 Å². The molecule has 0 amide bonds. The number of hydrogen-bond acceptors (Lipinski definition) is 5. The molecule has 0 aliphatic carbocycles. The molecule has 0 aliphatic heterocycles. The lowest BCUT2D eigenvalue weighted by atomic mass is 10.00. The molecular weight excluding hydrogens is 454 g/mol. The summed E-state index contributed by atoms with van der Waals surface area (Å²) in [7, 11) is 1.89. The fourth-order valence-electron chi connectivity index (χ4n) is 4.30. The van der Waals surface area contributed by atoms with Crippen LogP contribution in [-0.2, 0) is 11.8 Å². The molecule has 5 nitrogen and oxygen atoms in total. The molecule has 2 aromatic heterocycles. The highest BCUT2D eigenvalue weighted by molar-refractivity contribution is 7.99. The summed E-state index contributed by atoms with van der Waals surface area (Å²) in [6.45, 7) is 2.11. The molecule has 0 radical (unpaired) electrons. The molecule has 35 heavy (non-hydrogen) atoms. The first-order valence-electron chi connectivity index (χ1n) is 11.5. The SMILES string of the molecule is CCOC(=O)c1c(-c2ccccc2)nc2c(c(-c3ccc(-c4ccccc4)cc3)nn2C)c1SC. The van der Waals surface area contributed by atoms with Crippen molar-refractivity contribution in [1.29, 1.82) is 0 Å². The standard InChI is InChI=1S/C29H25N3O2S/c1-4-34-29(33)24-25(21-13-9-6-10-14-21)30-28-23(27(24)35-3)26(31-32(28)2)22-17-15-20(16-18-22)19-11-7-5-8-12-19/h5-18H,4H2,1-3H3. The van der Waals surface area contributed by atoms with E-state index in [-0.39, 0.29) is 5.97 Å². The molecule has 0 spiro atoms. The number of pyridine rings is 1. The van der Waals surface area contributed by atoms with Crippen molar-refractivity contribution in [2.75, 3.05) is 12.9 Å². The van der Waals surface area contributed by atoms with E-state index in [4.69, 9.17) is 14.8 Å². The van der Waals surface area contributed by atoms with Crippen molar-refractivity contribution in [2.45, 2.75) is 11.8 Å². The quantitative estimate of drug-likeness (QED) is 0.196. The van der Waals surface area contributed by atoms with Crippen molar-refractivity contribution >= 4 is 28.8 Å². The Labute approximate surface area is 208 Å². The molecule has 0 fully saturated rings. The molecule has 0 saturated heterocycles. The summed E-state index contributed by atoms with van der Waals surface area (Å²) < 4.78 is 7.27. The Kier molecular flexibility index (Phi) is 6.38. The minimum absolute atomic E-state index is 0.291. The molecule has 0 aliphatic rings. The molecule has 0 N–H and O–H groups in total. The first kappa shape index (κ1) is 22.9. The Balaban J connectivity index is 1.74. The average Bonchev–Trinajstić information content (AvgIpc) is 3.25. The number of aryl methyl sites for hydroxylation is 1. The monoisotopic (exact) mass is 479 g/mol. The topological polar surface area (TPSA) is 57.0 Å². The number of benzene rings is 3. The highest BCUT2D eigenvalue weighted by Crippen LogP contribution is 2.40. The Hall–Kier alpha value is -3.90. The van der Waals surface area contributed by atoms with E-state index in [9.17, 15) is 4.79 Å². The average molecular weight is 480 g/mol. The minimum atomic E-state index is -0.376. The molecular formula is C29H25N3O2S. The normalized spacial score (nSPS) is 11.1. The van der Waals surface area contributed by atoms with Crippen LogP contribution in [0.2, 0.25) is 0 Å². The molecule has 6 heteroatoms. The zero-order valence-corrected chi connectivity index (χ0v) is 20.7. The van der Waals surface area contributed by atoms with Gasteiger partial charge in [-0.2, -0.15) is 5.10 Å². The van der Waals surface area contributed by atoms with Crippen LogP contribution in [0.15, 0.2) is 89.8 Å². The van der Waals surface area contributed by atoms with E-state index in [1.165, 1.54) is 11.8 Å². The summed E-state index contributed by atoms with van der Waals surface area (Å²) in [5.74, 6) is -0.376. The first-order valence-corrected chi connectivity index (χ1v) is 12.7. The van der Waals surface area contributed by atoms with Crippen LogP contribution in [0.5, 0.6) is 0 Å². The second-order valence-corrected chi connectivity index (χ2v) is 8.89. The number of fused-ring (bicyclic) bond motifs is 1. The van der Waals surface area contributed by atoms with Crippen molar-refractivity contribution in [2.24, 2.45) is 7.05 Å². The van der Waals surface area contributed by atoms with Crippen LogP contribution in [0, 0.1) is 0 Å². The molecule has 5 rings (SSSR count). The minimum Gasteiger partial charge on any atom is -0.462 e. The summed E-state index contributed by atoms with van der Waals surface area (Å²) in [4.78, 5) is 19.0. The Morgan fingerprint density at radius 2 is 1.37 bits per heavy atom. The number of aromatic nitrogens is 3. The number of hydrogen-bond donors (Lipinski definition) is 0. The maximum atomic E-state index is 13.2. The van der Waals surface area contributed by atoms with Gasteiger partial charge in [-0.25, -0.2) is 14.5 Å². The zero-order chi connectivity index (χ0) is 24.4. The van der Waals surface area contributed by atoms with Gasteiger partial charge in [-0.05, 0) is 24.3 Å². The van der Waals surface area contributed by atoms with Crippen LogP contribution in [0.25, 0.3) is 44.7 Å². The highest BCUT2D eigenvalue weighted by atomic mass is 32.2. The first-order chi connectivity index (χ1) is 17.1. The van der Waals surface area contributed by atoms with Gasteiger partial charge in [0.2, 0.25) is 0 Å². The van der Waals surface area contributed by atoms with Gasteiger partial charge in [0.1, 0.15) is 11.3 Å². The van der Waals surface area contributed by atoms with Gasteiger partial charge >= 0.3 is 5.97 Å². The largest absolute Gasteiger partial charge is 0.462 e. The number of rotatable bonds is 6. The van der Waals surface area contributed by atoms with Gasteiger partial charge in [-0.3, -0.25) is 0 Å². The zero-order valence-electron chi connectivity index (χ0n) is 19.9. The second-order valence-electron chi connectivity index (χ2n) is 8.07. The molecule has 0 bridgehead atoms. The number of carbonyl (C=O) groups is 1. The molecule has 0 atom stereocenters. The van der Waals surface area contributed by atoms with Gasteiger partial charge in [0, 0.05) is 23.1 Å². The predicted octanol–water partition coefficient (Wildman–Crippen LogP) is 6.87. The van der Waals surface area contributed by atoms with E-state index in [2.05, 4.69) is 36.4 Å². The van der Waals surface area contributed by atoms with Crippen molar-refractivity contribution in [3.05, 3.63) is 90.5 Å². The summed E-state index contributed by atoms with van der Waals surface area (Å²) in [6.07, 6.45) is 1.97. The Morgan fingerprint density at radius 3 is 1.97 bits per heavy atom. The summed E-state index contributed by atoms with van der Waals surface area (Å²) in [5, 5.41) is 5.70. The van der Waals surface area contributed by atoms with E-state index >= 15 is 0 Å². The lowest BCUT2D eigenvalue weighted by Crippen LogP contribution is -2.10. The van der Waals surface area contributed by atoms with Crippen molar-refractivity contribution in [3.63, 3.8) is 0 Å². The summed E-state index contributed by atoms with van der Waals surface area (Å²) >= 11 is 1.52. The predicted molar refractivity (Wildman–Crippen MR) is 143 cm³/mol. The maximum Gasteiger partial charge on any atom is 0.341 e. The molecule has 5 aromatic rings. The van der Waals surface area contributed by atoms with Crippen LogP contribution in [-0.4, -0.2) is 33.6 Å². The highest BCUT2D eigenvalue weighted by Gasteiger charge is 2.27. The van der Waals surface area contributed by atoms with E-state index < -0.39 is 0 Å². The van der Waals surface area contributed by atoms with E-state index in [0.717, 1.165) is 43.9 Å². The third-order valence-corrected chi connectivity index (χ3v) is 6.74. The Bertz CT molecular complexity index is 1490. The van der Waals surface area contributed by atoms with Crippen LogP contribution >= 0.6 is 11.8 Å². The summed E-state index contributed by atoms with van der Waals surface area (Å²) in [6, 6.07) is 28.4. The van der Waals surface area contributed by atoms with Gasteiger partial charge in [0.05, 0.1) is 17.7 Å². The molecule has 2 heterocycles. The smallest absolute Gasteiger partial charge is 0.341 e. The van der Waals surface area contributed by atoms with Gasteiger partial charge in [-0.1, -0.05) is 84.9 Å². The van der Waals surface area contributed by atoms with Gasteiger partial charge in [0.15, 0.2) is 5.65 Å². The number of thioether (sulfide) groups is 1. The molecule has 3 aromatic carbocycles. The summed E-state index contributed by atoms with van der Waals surface area (Å²) in [5.41, 5.74) is 6.73. The number of carbonyl (C=O) groups excluding carboxylic acids is 1. The molecule has 174 valence electrons. The van der Waals surface area contributed by atoms with Gasteiger partial charge < -0.3 is 4.74 Å². The van der Waals surface area contributed by atoms with E-state index in [1.807, 2.05) is 68.8 Å². The fourth-order valence-corrected chi connectivity index (χ4v) is 5.08. The van der Waals surface area contributed by atoms with Gasteiger partial charge in [-0.15, -0.1) is 11.8 Å². The lowest BCUT2D eigenvalue weighted by Gasteiger charge is -2.14.